The number of nitrogens with one attached hydrogen (secondary N) is 1. The van der Waals surface area contributed by atoms with Crippen LogP contribution < -0.4 is 5.32 Å². The Kier molecular flexibility index (Phi) is 7.03. The first kappa shape index (κ1) is 24.8. The summed E-state index contributed by atoms with van der Waals surface area (Å²) in [5, 5.41) is 7.83. The van der Waals surface area contributed by atoms with Crippen molar-refractivity contribution < 1.29 is 17.2 Å². The number of hydrogen-bond donors (Lipinski definition) is 1. The molecule has 0 atom stereocenters. The van der Waals surface area contributed by atoms with Gasteiger partial charge in [-0.05, 0) is 71.3 Å². The Labute approximate surface area is 216 Å². The van der Waals surface area contributed by atoms with E-state index in [0.717, 1.165) is 52.6 Å². The van der Waals surface area contributed by atoms with Gasteiger partial charge in [-0.2, -0.15) is 9.61 Å². The van der Waals surface area contributed by atoms with Crippen LogP contribution in [0.25, 0.3) is 5.65 Å². The number of benzene rings is 1. The fraction of sp³-hybridized carbons (Fsp3) is 0.320. The lowest BCUT2D eigenvalue weighted by Gasteiger charge is -2.28. The Morgan fingerprint density at radius 3 is 2.50 bits per heavy atom. The molecule has 3 aromatic heterocycles. The van der Waals surface area contributed by atoms with Gasteiger partial charge in [0.15, 0.2) is 15.5 Å². The van der Waals surface area contributed by atoms with E-state index in [-0.39, 0.29) is 17.6 Å². The van der Waals surface area contributed by atoms with Crippen LogP contribution in [0.1, 0.15) is 42.9 Å². The van der Waals surface area contributed by atoms with E-state index in [1.807, 2.05) is 18.2 Å². The van der Waals surface area contributed by atoms with Crippen molar-refractivity contribution in [3.8, 4) is 0 Å². The third-order valence-corrected chi connectivity index (χ3v) is 9.08. The number of rotatable bonds is 7. The Balaban J connectivity index is 1.31. The highest BCUT2D eigenvalue weighted by molar-refractivity contribution is 9.10. The first-order valence-electron chi connectivity index (χ1n) is 11.7. The average Bonchev–Trinajstić information content (AvgIpc) is 3.24. The fourth-order valence-electron chi connectivity index (χ4n) is 4.78. The molecule has 1 aromatic carbocycles. The number of sulfone groups is 1. The Morgan fingerprint density at radius 1 is 1.06 bits per heavy atom. The van der Waals surface area contributed by atoms with Crippen molar-refractivity contribution in [2.45, 2.75) is 43.0 Å². The van der Waals surface area contributed by atoms with E-state index in [4.69, 9.17) is 4.98 Å². The second-order valence-corrected chi connectivity index (χ2v) is 11.9. The van der Waals surface area contributed by atoms with E-state index in [9.17, 15) is 17.2 Å². The lowest BCUT2D eigenvalue weighted by molar-refractivity contribution is 0.344. The molecule has 1 aliphatic rings. The summed E-state index contributed by atoms with van der Waals surface area (Å²) in [4.78, 5) is 8.15. The summed E-state index contributed by atoms with van der Waals surface area (Å²) in [5.41, 5.74) is 2.63. The smallest absolute Gasteiger partial charge is 0.184 e. The summed E-state index contributed by atoms with van der Waals surface area (Å²) in [7, 11) is -4.07. The summed E-state index contributed by atoms with van der Waals surface area (Å²) < 4.78 is 56.2. The van der Waals surface area contributed by atoms with Gasteiger partial charge < -0.3 is 5.32 Å². The van der Waals surface area contributed by atoms with Crippen LogP contribution in [0.4, 0.5) is 14.6 Å². The average molecular weight is 576 g/mol. The topological polar surface area (TPSA) is 89.2 Å². The summed E-state index contributed by atoms with van der Waals surface area (Å²) in [6, 6.07) is 8.97. The van der Waals surface area contributed by atoms with Crippen LogP contribution in [0.15, 0.2) is 64.4 Å². The van der Waals surface area contributed by atoms with Gasteiger partial charge in [0.1, 0.15) is 22.3 Å². The molecule has 11 heteroatoms. The molecule has 0 unspecified atom stereocenters. The molecule has 7 nitrogen and oxygen atoms in total. The van der Waals surface area contributed by atoms with Crippen molar-refractivity contribution >= 4 is 37.2 Å². The van der Waals surface area contributed by atoms with E-state index in [0.29, 0.717) is 25.0 Å². The summed E-state index contributed by atoms with van der Waals surface area (Å²) >= 11 is 3.52. The van der Waals surface area contributed by atoms with Crippen LogP contribution in [0.3, 0.4) is 0 Å². The SMILES string of the molecule is O=S(=O)(CC1CCC(c2cc(NCc3cccnc3)n3ncc(Br)c3n2)CC1)c1c(F)cccc1F. The molecule has 1 saturated carbocycles. The van der Waals surface area contributed by atoms with Crippen LogP contribution in [-0.4, -0.2) is 33.8 Å². The maximum atomic E-state index is 14.1. The van der Waals surface area contributed by atoms with Crippen molar-refractivity contribution in [1.82, 2.24) is 19.6 Å². The Bertz CT molecular complexity index is 1470. The standard InChI is InChI=1S/C25H24BrF2N5O2S/c26-19-14-31-33-23(30-13-17-3-2-10-29-12-17)11-22(32-25(19)33)18-8-6-16(7-9-18)15-36(34,35)24-20(27)4-1-5-21(24)28/h1-5,10-12,14,16,18,30H,6-9,13,15H2. The zero-order valence-corrected chi connectivity index (χ0v) is 21.6. The largest absolute Gasteiger partial charge is 0.366 e. The quantitative estimate of drug-likeness (QED) is 0.312. The van der Waals surface area contributed by atoms with Gasteiger partial charge in [-0.1, -0.05) is 12.1 Å². The van der Waals surface area contributed by atoms with E-state index in [1.54, 1.807) is 23.1 Å². The number of anilines is 1. The minimum absolute atomic E-state index is 0.139. The first-order chi connectivity index (χ1) is 17.3. The van der Waals surface area contributed by atoms with Gasteiger partial charge in [-0.25, -0.2) is 22.2 Å². The minimum Gasteiger partial charge on any atom is -0.366 e. The number of fused-ring (bicyclic) bond motifs is 1. The van der Waals surface area contributed by atoms with E-state index in [2.05, 4.69) is 31.3 Å². The molecule has 1 aliphatic carbocycles. The summed E-state index contributed by atoms with van der Waals surface area (Å²) in [5.74, 6) is -1.59. The lowest BCUT2D eigenvalue weighted by atomic mass is 9.81. The molecule has 4 aromatic rings. The zero-order valence-electron chi connectivity index (χ0n) is 19.2. The monoisotopic (exact) mass is 575 g/mol. The van der Waals surface area contributed by atoms with Crippen molar-refractivity contribution in [3.05, 3.63) is 82.4 Å². The van der Waals surface area contributed by atoms with Gasteiger partial charge in [0.05, 0.1) is 16.4 Å². The summed E-state index contributed by atoms with van der Waals surface area (Å²) in [6.07, 6.45) is 7.95. The summed E-state index contributed by atoms with van der Waals surface area (Å²) in [6.45, 7) is 0.571. The van der Waals surface area contributed by atoms with Crippen molar-refractivity contribution in [3.63, 3.8) is 0 Å². The van der Waals surface area contributed by atoms with Crippen molar-refractivity contribution in [2.75, 3.05) is 11.1 Å². The third kappa shape index (κ3) is 5.12. The Morgan fingerprint density at radius 2 is 1.81 bits per heavy atom. The highest BCUT2D eigenvalue weighted by Gasteiger charge is 2.31. The second-order valence-electron chi connectivity index (χ2n) is 9.06. The number of halogens is 3. The van der Waals surface area contributed by atoms with Crippen LogP contribution in [0, 0.1) is 17.6 Å². The van der Waals surface area contributed by atoms with Crippen LogP contribution in [-0.2, 0) is 16.4 Å². The van der Waals surface area contributed by atoms with E-state index in [1.165, 1.54) is 0 Å². The predicted molar refractivity (Wildman–Crippen MR) is 135 cm³/mol. The molecule has 0 bridgehead atoms. The molecule has 0 spiro atoms. The highest BCUT2D eigenvalue weighted by atomic mass is 79.9. The maximum Gasteiger partial charge on any atom is 0.184 e. The lowest BCUT2D eigenvalue weighted by Crippen LogP contribution is -2.23. The van der Waals surface area contributed by atoms with Crippen LogP contribution in [0.5, 0.6) is 0 Å². The normalized spacial score (nSPS) is 18.4. The molecule has 36 heavy (non-hydrogen) atoms. The van der Waals surface area contributed by atoms with Crippen molar-refractivity contribution in [1.29, 1.82) is 0 Å². The molecule has 188 valence electrons. The molecule has 0 amide bonds. The van der Waals surface area contributed by atoms with E-state index < -0.39 is 26.4 Å². The minimum atomic E-state index is -4.07. The molecule has 0 radical (unpaired) electrons. The van der Waals surface area contributed by atoms with Gasteiger partial charge >= 0.3 is 0 Å². The number of pyridine rings is 1. The van der Waals surface area contributed by atoms with Gasteiger partial charge in [0, 0.05) is 36.6 Å². The number of aromatic nitrogens is 4. The zero-order chi connectivity index (χ0) is 25.3. The predicted octanol–water partition coefficient (Wildman–Crippen LogP) is 5.52. The third-order valence-electron chi connectivity index (χ3n) is 6.60. The number of nitrogens with zero attached hydrogens (tertiary/aromatic N) is 4. The maximum absolute atomic E-state index is 14.1. The number of hydrogen-bond acceptors (Lipinski definition) is 6. The molecule has 0 aliphatic heterocycles. The molecular weight excluding hydrogens is 552 g/mol. The van der Waals surface area contributed by atoms with Gasteiger partial charge in [0.25, 0.3) is 0 Å². The molecule has 1 N–H and O–H groups in total. The fourth-order valence-corrected chi connectivity index (χ4v) is 6.98. The van der Waals surface area contributed by atoms with Crippen molar-refractivity contribution in [2.24, 2.45) is 5.92 Å². The molecule has 1 fully saturated rings. The van der Waals surface area contributed by atoms with Gasteiger partial charge in [-0.3, -0.25) is 4.98 Å². The van der Waals surface area contributed by atoms with Crippen LogP contribution in [0.2, 0.25) is 0 Å². The molecule has 0 saturated heterocycles. The van der Waals surface area contributed by atoms with E-state index >= 15 is 0 Å². The van der Waals surface area contributed by atoms with Gasteiger partial charge in [-0.15, -0.1) is 0 Å². The van der Waals surface area contributed by atoms with Crippen LogP contribution >= 0.6 is 15.9 Å². The molecule has 5 rings (SSSR count). The first-order valence-corrected chi connectivity index (χ1v) is 14.1. The second kappa shape index (κ2) is 10.2. The van der Waals surface area contributed by atoms with Gasteiger partial charge in [0.2, 0.25) is 0 Å². The highest BCUT2D eigenvalue weighted by Crippen LogP contribution is 2.38. The molecular formula is C25H24BrF2N5O2S. The Hall–Kier alpha value is -2.92. The molecule has 3 heterocycles.